The van der Waals surface area contributed by atoms with E-state index in [2.05, 4.69) is 32.4 Å². The van der Waals surface area contributed by atoms with Crippen molar-refractivity contribution >= 4 is 11.6 Å². The van der Waals surface area contributed by atoms with Gasteiger partial charge in [-0.3, -0.25) is 4.90 Å². The van der Waals surface area contributed by atoms with Gasteiger partial charge in [0.25, 0.3) is 0 Å². The van der Waals surface area contributed by atoms with Crippen LogP contribution in [-0.2, 0) is 4.74 Å². The van der Waals surface area contributed by atoms with Gasteiger partial charge in [-0.2, -0.15) is 0 Å². The van der Waals surface area contributed by atoms with Crippen molar-refractivity contribution < 1.29 is 4.74 Å². The Morgan fingerprint density at radius 3 is 2.60 bits per heavy atom. The third-order valence-electron chi connectivity index (χ3n) is 3.26. The van der Waals surface area contributed by atoms with E-state index in [0.717, 1.165) is 69.8 Å². The summed E-state index contributed by atoms with van der Waals surface area (Å²) in [5.74, 6) is 2.57. The van der Waals surface area contributed by atoms with E-state index < -0.39 is 0 Å². The maximum Gasteiger partial charge on any atom is 0.131 e. The molecule has 0 bridgehead atoms. The zero-order chi connectivity index (χ0) is 14.2. The Labute approximate surface area is 120 Å². The van der Waals surface area contributed by atoms with Crippen LogP contribution in [0.3, 0.4) is 0 Å². The second-order valence-corrected chi connectivity index (χ2v) is 4.95. The van der Waals surface area contributed by atoms with Crippen molar-refractivity contribution in [3.8, 4) is 0 Å². The van der Waals surface area contributed by atoms with Crippen molar-refractivity contribution in [3.05, 3.63) is 11.9 Å². The molecule has 6 nitrogen and oxygen atoms in total. The molecule has 20 heavy (non-hydrogen) atoms. The predicted molar refractivity (Wildman–Crippen MR) is 81.3 cm³/mol. The van der Waals surface area contributed by atoms with Crippen molar-refractivity contribution in [2.45, 2.75) is 20.3 Å². The minimum atomic E-state index is 0.791. The number of aryl methyl sites for hydroxylation is 1. The van der Waals surface area contributed by atoms with Crippen LogP contribution in [0.2, 0.25) is 0 Å². The molecule has 0 atom stereocenters. The zero-order valence-electron chi connectivity index (χ0n) is 12.5. The van der Waals surface area contributed by atoms with Gasteiger partial charge in [-0.15, -0.1) is 0 Å². The van der Waals surface area contributed by atoms with Crippen molar-refractivity contribution in [1.29, 1.82) is 0 Å². The Morgan fingerprint density at radius 2 is 1.90 bits per heavy atom. The number of hydrogen-bond donors (Lipinski definition) is 2. The van der Waals surface area contributed by atoms with Crippen molar-refractivity contribution in [2.24, 2.45) is 0 Å². The van der Waals surface area contributed by atoms with E-state index in [1.54, 1.807) is 0 Å². The fourth-order valence-corrected chi connectivity index (χ4v) is 2.27. The third-order valence-corrected chi connectivity index (χ3v) is 3.26. The summed E-state index contributed by atoms with van der Waals surface area (Å²) in [4.78, 5) is 11.2. The predicted octanol–water partition coefficient (Wildman–Crippen LogP) is 1.35. The Bertz CT molecular complexity index is 407. The van der Waals surface area contributed by atoms with Crippen molar-refractivity contribution in [2.75, 3.05) is 56.6 Å². The Morgan fingerprint density at radius 1 is 1.20 bits per heavy atom. The first-order valence-corrected chi connectivity index (χ1v) is 7.41. The molecular formula is C14H25N5O. The molecule has 0 unspecified atom stereocenters. The normalized spacial score (nSPS) is 16.1. The highest BCUT2D eigenvalue weighted by Crippen LogP contribution is 2.10. The highest BCUT2D eigenvalue weighted by Gasteiger charge is 2.09. The molecule has 6 heteroatoms. The summed E-state index contributed by atoms with van der Waals surface area (Å²) < 4.78 is 5.34. The van der Waals surface area contributed by atoms with Crippen LogP contribution < -0.4 is 10.6 Å². The summed E-state index contributed by atoms with van der Waals surface area (Å²) in [5.41, 5.74) is 0. The van der Waals surface area contributed by atoms with Crippen LogP contribution in [-0.4, -0.2) is 60.8 Å². The largest absolute Gasteiger partial charge is 0.379 e. The highest BCUT2D eigenvalue weighted by atomic mass is 16.5. The van der Waals surface area contributed by atoms with E-state index in [4.69, 9.17) is 4.74 Å². The van der Waals surface area contributed by atoms with Crippen LogP contribution in [0.15, 0.2) is 6.07 Å². The molecule has 0 amide bonds. The van der Waals surface area contributed by atoms with Gasteiger partial charge >= 0.3 is 0 Å². The van der Waals surface area contributed by atoms with Crippen LogP contribution in [0.25, 0.3) is 0 Å². The molecule has 1 aliphatic rings. The zero-order valence-corrected chi connectivity index (χ0v) is 12.5. The molecule has 0 spiro atoms. The van der Waals surface area contributed by atoms with Crippen LogP contribution in [0.4, 0.5) is 11.6 Å². The SMILES string of the molecule is CCNc1cc(NCCCN2CCOCC2)nc(C)n1. The minimum absolute atomic E-state index is 0.791. The van der Waals surface area contributed by atoms with Crippen molar-refractivity contribution in [1.82, 2.24) is 14.9 Å². The molecule has 0 aromatic carbocycles. The van der Waals surface area contributed by atoms with Gasteiger partial charge in [0.2, 0.25) is 0 Å². The van der Waals surface area contributed by atoms with Gasteiger partial charge in [-0.25, -0.2) is 9.97 Å². The second kappa shape index (κ2) is 8.01. The molecule has 112 valence electrons. The summed E-state index contributed by atoms with van der Waals surface area (Å²) in [6.07, 6.45) is 1.11. The molecule has 1 aromatic rings. The highest BCUT2D eigenvalue weighted by molar-refractivity contribution is 5.47. The monoisotopic (exact) mass is 279 g/mol. The maximum atomic E-state index is 5.34. The number of ether oxygens (including phenoxy) is 1. The number of aromatic nitrogens is 2. The number of morpholine rings is 1. The molecule has 1 aromatic heterocycles. The van der Waals surface area contributed by atoms with E-state index in [1.807, 2.05) is 13.0 Å². The lowest BCUT2D eigenvalue weighted by atomic mass is 10.3. The Kier molecular flexibility index (Phi) is 6.01. The molecular weight excluding hydrogens is 254 g/mol. The van der Waals surface area contributed by atoms with Gasteiger partial charge in [-0.1, -0.05) is 0 Å². The first kappa shape index (κ1) is 15.0. The quantitative estimate of drug-likeness (QED) is 0.735. The number of rotatable bonds is 7. The first-order chi connectivity index (χ1) is 9.78. The summed E-state index contributed by atoms with van der Waals surface area (Å²) in [7, 11) is 0. The van der Waals surface area contributed by atoms with Gasteiger partial charge in [0.1, 0.15) is 17.5 Å². The Hall–Kier alpha value is -1.40. The standard InChI is InChI=1S/C14H25N5O/c1-3-15-13-11-14(18-12(2)17-13)16-5-4-6-19-7-9-20-10-8-19/h11H,3-10H2,1-2H3,(H2,15,16,17,18). The third kappa shape index (κ3) is 4.94. The lowest BCUT2D eigenvalue weighted by Crippen LogP contribution is -2.37. The fourth-order valence-electron chi connectivity index (χ4n) is 2.27. The van der Waals surface area contributed by atoms with Gasteiger partial charge < -0.3 is 15.4 Å². The topological polar surface area (TPSA) is 62.3 Å². The second-order valence-electron chi connectivity index (χ2n) is 4.95. The first-order valence-electron chi connectivity index (χ1n) is 7.41. The van der Waals surface area contributed by atoms with Gasteiger partial charge in [0.15, 0.2) is 0 Å². The average molecular weight is 279 g/mol. The van der Waals surface area contributed by atoms with Crippen molar-refractivity contribution in [3.63, 3.8) is 0 Å². The summed E-state index contributed by atoms with van der Waals surface area (Å²) in [5, 5.41) is 6.59. The maximum absolute atomic E-state index is 5.34. The lowest BCUT2D eigenvalue weighted by molar-refractivity contribution is 0.0378. The van der Waals surface area contributed by atoms with Crippen LogP contribution in [0, 0.1) is 6.92 Å². The van der Waals surface area contributed by atoms with E-state index in [-0.39, 0.29) is 0 Å². The molecule has 0 aliphatic carbocycles. The van der Waals surface area contributed by atoms with Crippen LogP contribution >= 0.6 is 0 Å². The molecule has 0 radical (unpaired) electrons. The summed E-state index contributed by atoms with van der Waals surface area (Å²) in [6, 6.07) is 1.96. The van der Waals surface area contributed by atoms with E-state index >= 15 is 0 Å². The van der Waals surface area contributed by atoms with Gasteiger partial charge in [0.05, 0.1) is 13.2 Å². The molecule has 1 saturated heterocycles. The Balaban J connectivity index is 1.72. The van der Waals surface area contributed by atoms with E-state index in [9.17, 15) is 0 Å². The van der Waals surface area contributed by atoms with Gasteiger partial charge in [0, 0.05) is 32.2 Å². The molecule has 2 rings (SSSR count). The van der Waals surface area contributed by atoms with E-state index in [1.165, 1.54) is 0 Å². The number of anilines is 2. The number of nitrogens with zero attached hydrogens (tertiary/aromatic N) is 3. The molecule has 2 heterocycles. The number of hydrogen-bond acceptors (Lipinski definition) is 6. The van der Waals surface area contributed by atoms with Crippen LogP contribution in [0.5, 0.6) is 0 Å². The van der Waals surface area contributed by atoms with Gasteiger partial charge in [-0.05, 0) is 26.8 Å². The smallest absolute Gasteiger partial charge is 0.131 e. The number of nitrogens with one attached hydrogen (secondary N) is 2. The molecule has 2 N–H and O–H groups in total. The van der Waals surface area contributed by atoms with Crippen LogP contribution in [0.1, 0.15) is 19.2 Å². The molecule has 1 fully saturated rings. The molecule has 0 saturated carbocycles. The lowest BCUT2D eigenvalue weighted by Gasteiger charge is -2.26. The fraction of sp³-hybridized carbons (Fsp3) is 0.714. The van der Waals surface area contributed by atoms with E-state index in [0.29, 0.717) is 0 Å². The summed E-state index contributed by atoms with van der Waals surface area (Å²) in [6.45, 7) is 10.7. The molecule has 1 aliphatic heterocycles. The minimum Gasteiger partial charge on any atom is -0.379 e. The average Bonchev–Trinajstić information content (AvgIpc) is 2.45. The summed E-state index contributed by atoms with van der Waals surface area (Å²) >= 11 is 0.